The highest BCUT2D eigenvalue weighted by Gasteiger charge is 2.27. The lowest BCUT2D eigenvalue weighted by atomic mass is 10.1. The lowest BCUT2D eigenvalue weighted by molar-refractivity contribution is -0.116. The predicted molar refractivity (Wildman–Crippen MR) is 141 cm³/mol. The van der Waals surface area contributed by atoms with Crippen molar-refractivity contribution in [2.24, 2.45) is 0 Å². The summed E-state index contributed by atoms with van der Waals surface area (Å²) in [5, 5.41) is 7.27. The maximum Gasteiger partial charge on any atom is 0.260 e. The Morgan fingerprint density at radius 2 is 1.85 bits per heavy atom. The summed E-state index contributed by atoms with van der Waals surface area (Å²) in [6.07, 6.45) is 2.77. The third-order valence-electron chi connectivity index (χ3n) is 5.27. The first-order chi connectivity index (χ1) is 16.5. The Balaban J connectivity index is 1.48. The fourth-order valence-electron chi connectivity index (χ4n) is 3.43. The van der Waals surface area contributed by atoms with Crippen LogP contribution >= 0.6 is 35.0 Å². The van der Waals surface area contributed by atoms with Crippen molar-refractivity contribution in [3.63, 3.8) is 0 Å². The Kier molecular flexibility index (Phi) is 7.93. The van der Waals surface area contributed by atoms with E-state index < -0.39 is 0 Å². The van der Waals surface area contributed by atoms with Crippen LogP contribution in [0.1, 0.15) is 23.6 Å². The molecule has 3 aromatic carbocycles. The lowest BCUT2D eigenvalue weighted by Crippen LogP contribution is -2.30. The van der Waals surface area contributed by atoms with E-state index in [9.17, 15) is 4.79 Å². The number of benzene rings is 3. The van der Waals surface area contributed by atoms with Crippen molar-refractivity contribution in [2.75, 3.05) is 12.4 Å². The van der Waals surface area contributed by atoms with E-state index in [1.54, 1.807) is 31.4 Å². The van der Waals surface area contributed by atoms with E-state index >= 15 is 0 Å². The van der Waals surface area contributed by atoms with Crippen molar-refractivity contribution in [2.45, 2.75) is 25.4 Å². The summed E-state index contributed by atoms with van der Waals surface area (Å²) in [7, 11) is 1.55. The molecule has 8 heteroatoms. The Morgan fingerprint density at radius 1 is 1.09 bits per heavy atom. The molecule has 0 saturated carbocycles. The number of carbonyl (C=O) groups excluding carboxylic acids is 1. The molecule has 4 rings (SSSR count). The van der Waals surface area contributed by atoms with Crippen LogP contribution in [0.3, 0.4) is 0 Å². The minimum atomic E-state index is -0.262. The molecular weight excluding hydrogens is 491 g/mol. The third-order valence-corrected chi connectivity index (χ3v) is 6.95. The molecule has 2 N–H and O–H groups in total. The normalized spacial score (nSPS) is 16.4. The zero-order chi connectivity index (χ0) is 24.1. The number of amides is 1. The van der Waals surface area contributed by atoms with Gasteiger partial charge in [0.2, 0.25) is 0 Å². The highest BCUT2D eigenvalue weighted by molar-refractivity contribution is 8.05. The molecule has 5 nitrogen and oxygen atoms in total. The van der Waals surface area contributed by atoms with Gasteiger partial charge in [-0.3, -0.25) is 4.79 Å². The number of thioether (sulfide) groups is 1. The summed E-state index contributed by atoms with van der Waals surface area (Å²) >= 11 is 14.1. The SMILES string of the molecule is CCc1ccc(N[C@@H]2NC(=O)/C(=C/c3cc(Cl)c(OCc4ccccc4Cl)c(OC)c3)S2)cc1. The quantitative estimate of drug-likeness (QED) is 0.326. The second kappa shape index (κ2) is 11.1. The number of rotatable bonds is 8. The van der Waals surface area contributed by atoms with Crippen LogP contribution in [0, 0.1) is 0 Å². The second-order valence-corrected chi connectivity index (χ2v) is 9.55. The molecule has 1 aliphatic heterocycles. The molecule has 1 atom stereocenters. The van der Waals surface area contributed by atoms with E-state index in [0.29, 0.717) is 26.4 Å². The van der Waals surface area contributed by atoms with Gasteiger partial charge in [0.15, 0.2) is 17.0 Å². The summed E-state index contributed by atoms with van der Waals surface area (Å²) < 4.78 is 11.4. The number of anilines is 1. The van der Waals surface area contributed by atoms with E-state index in [1.165, 1.54) is 17.3 Å². The molecule has 1 fully saturated rings. The highest BCUT2D eigenvalue weighted by atomic mass is 35.5. The number of ether oxygens (including phenoxy) is 2. The number of hydrogen-bond acceptors (Lipinski definition) is 5. The Hall–Kier alpha value is -2.80. The molecule has 0 aliphatic carbocycles. The number of hydrogen-bond donors (Lipinski definition) is 2. The first-order valence-corrected chi connectivity index (χ1v) is 12.4. The van der Waals surface area contributed by atoms with Gasteiger partial charge < -0.3 is 20.1 Å². The van der Waals surface area contributed by atoms with Crippen LogP contribution in [0.15, 0.2) is 65.6 Å². The van der Waals surface area contributed by atoms with Crippen LogP contribution in [0.4, 0.5) is 5.69 Å². The average molecular weight is 515 g/mol. The number of halogens is 2. The molecular formula is C26H24Cl2N2O3S. The number of aryl methyl sites for hydroxylation is 1. The van der Waals surface area contributed by atoms with Gasteiger partial charge in [-0.25, -0.2) is 0 Å². The highest BCUT2D eigenvalue weighted by Crippen LogP contribution is 2.39. The van der Waals surface area contributed by atoms with Crippen molar-refractivity contribution in [1.29, 1.82) is 0 Å². The summed E-state index contributed by atoms with van der Waals surface area (Å²) in [6, 6.07) is 19.2. The molecule has 1 aliphatic rings. The predicted octanol–water partition coefficient (Wildman–Crippen LogP) is 6.74. The first kappa shape index (κ1) is 24.3. The minimum Gasteiger partial charge on any atom is -0.493 e. The van der Waals surface area contributed by atoms with Crippen molar-refractivity contribution in [3.05, 3.63) is 92.3 Å². The molecule has 34 heavy (non-hydrogen) atoms. The van der Waals surface area contributed by atoms with Crippen molar-refractivity contribution in [3.8, 4) is 11.5 Å². The molecule has 3 aromatic rings. The zero-order valence-corrected chi connectivity index (χ0v) is 21.1. The summed E-state index contributed by atoms with van der Waals surface area (Å²) in [4.78, 5) is 13.1. The Labute approximate surface area is 213 Å². The standard InChI is InChI=1S/C26H24Cl2N2O3S/c1-3-16-8-10-19(11-9-16)29-26-30-25(31)23(34-26)14-17-12-21(28)24(22(13-17)32-2)33-15-18-6-4-5-7-20(18)27/h4-14,26,29H,3,15H2,1-2H3,(H,30,31)/b23-14-/t26-/m1/s1. The van der Waals surface area contributed by atoms with Crippen LogP contribution in [0.25, 0.3) is 6.08 Å². The van der Waals surface area contributed by atoms with Gasteiger partial charge >= 0.3 is 0 Å². The monoisotopic (exact) mass is 514 g/mol. The first-order valence-electron chi connectivity index (χ1n) is 10.7. The molecule has 0 radical (unpaired) electrons. The lowest BCUT2D eigenvalue weighted by Gasteiger charge is -2.14. The van der Waals surface area contributed by atoms with Gasteiger partial charge in [-0.2, -0.15) is 0 Å². The number of nitrogens with one attached hydrogen (secondary N) is 2. The maximum atomic E-state index is 12.5. The number of methoxy groups -OCH3 is 1. The molecule has 0 unspecified atom stereocenters. The summed E-state index contributed by atoms with van der Waals surface area (Å²) in [5.74, 6) is 0.743. The minimum absolute atomic E-state index is 0.151. The van der Waals surface area contributed by atoms with Gasteiger partial charge in [-0.05, 0) is 54.0 Å². The molecule has 0 bridgehead atoms. The molecule has 0 aromatic heterocycles. The van der Waals surface area contributed by atoms with Crippen LogP contribution in [0.2, 0.25) is 10.0 Å². The Bertz CT molecular complexity index is 1220. The van der Waals surface area contributed by atoms with Crippen LogP contribution < -0.4 is 20.1 Å². The summed E-state index contributed by atoms with van der Waals surface area (Å²) in [6.45, 7) is 2.37. The van der Waals surface area contributed by atoms with Crippen LogP contribution in [-0.4, -0.2) is 18.5 Å². The summed E-state index contributed by atoms with van der Waals surface area (Å²) in [5.41, 5.74) is 3.52. The number of carbonyl (C=O) groups is 1. The van der Waals surface area contributed by atoms with Crippen LogP contribution in [-0.2, 0) is 17.8 Å². The maximum absolute atomic E-state index is 12.5. The smallest absolute Gasteiger partial charge is 0.260 e. The topological polar surface area (TPSA) is 59.6 Å². The Morgan fingerprint density at radius 3 is 2.56 bits per heavy atom. The van der Waals surface area contributed by atoms with E-state index in [4.69, 9.17) is 32.7 Å². The van der Waals surface area contributed by atoms with E-state index in [1.807, 2.05) is 30.3 Å². The van der Waals surface area contributed by atoms with E-state index in [2.05, 4.69) is 29.7 Å². The molecule has 176 valence electrons. The van der Waals surface area contributed by atoms with Crippen molar-refractivity contribution in [1.82, 2.24) is 5.32 Å². The van der Waals surface area contributed by atoms with Gasteiger partial charge in [-0.15, -0.1) is 0 Å². The zero-order valence-electron chi connectivity index (χ0n) is 18.7. The third kappa shape index (κ3) is 5.81. The average Bonchev–Trinajstić information content (AvgIpc) is 3.17. The molecule has 1 saturated heterocycles. The van der Waals surface area contributed by atoms with Gasteiger partial charge in [0.25, 0.3) is 5.91 Å². The molecule has 1 amide bonds. The fourth-order valence-corrected chi connectivity index (χ4v) is 4.88. The molecule has 0 spiro atoms. The van der Waals surface area contributed by atoms with Crippen molar-refractivity contribution < 1.29 is 14.3 Å². The van der Waals surface area contributed by atoms with Gasteiger partial charge in [0, 0.05) is 16.3 Å². The van der Waals surface area contributed by atoms with E-state index in [-0.39, 0.29) is 18.0 Å². The van der Waals surface area contributed by atoms with E-state index in [0.717, 1.165) is 23.2 Å². The largest absolute Gasteiger partial charge is 0.493 e. The fraction of sp³-hybridized carbons (Fsp3) is 0.192. The van der Waals surface area contributed by atoms with Gasteiger partial charge in [0.1, 0.15) is 6.61 Å². The van der Waals surface area contributed by atoms with Crippen LogP contribution in [0.5, 0.6) is 11.5 Å². The second-order valence-electron chi connectivity index (χ2n) is 7.59. The molecule has 1 heterocycles. The van der Waals surface area contributed by atoms with Crippen molar-refractivity contribution >= 4 is 52.6 Å². The van der Waals surface area contributed by atoms with Gasteiger partial charge in [-0.1, -0.05) is 72.2 Å². The van der Waals surface area contributed by atoms with Gasteiger partial charge in [0.05, 0.1) is 17.0 Å².